The maximum Gasteiger partial charge on any atom is 0.416 e. The highest BCUT2D eigenvalue weighted by Crippen LogP contribution is 2.29. The highest BCUT2D eigenvalue weighted by Gasteiger charge is 2.30. The summed E-state index contributed by atoms with van der Waals surface area (Å²) in [6.07, 6.45) is -4.43. The molecule has 2 aromatic carbocycles. The van der Waals surface area contributed by atoms with Gasteiger partial charge in [0.2, 0.25) is 0 Å². The van der Waals surface area contributed by atoms with Gasteiger partial charge in [0, 0.05) is 12.6 Å². The van der Waals surface area contributed by atoms with Gasteiger partial charge in [-0.15, -0.1) is 0 Å². The van der Waals surface area contributed by atoms with E-state index >= 15 is 0 Å². The van der Waals surface area contributed by atoms with Gasteiger partial charge in [0.15, 0.2) is 0 Å². The lowest BCUT2D eigenvalue weighted by Crippen LogP contribution is -2.23. The molecule has 0 radical (unpaired) electrons. The molecule has 29 heavy (non-hydrogen) atoms. The van der Waals surface area contributed by atoms with Crippen LogP contribution in [0.1, 0.15) is 29.2 Å². The van der Waals surface area contributed by atoms with Gasteiger partial charge in [0.1, 0.15) is 6.61 Å². The molecule has 10 heteroatoms. The molecule has 1 heterocycles. The highest BCUT2D eigenvalue weighted by molar-refractivity contribution is 5.98. The van der Waals surface area contributed by atoms with E-state index in [9.17, 15) is 18.0 Å². The fraction of sp³-hybridized carbons (Fsp3) is 0.263. The second-order valence-corrected chi connectivity index (χ2v) is 6.41. The van der Waals surface area contributed by atoms with Crippen LogP contribution >= 0.6 is 0 Å². The number of alkyl halides is 3. The second kappa shape index (κ2) is 7.90. The molecule has 3 aromatic rings. The van der Waals surface area contributed by atoms with E-state index in [1.54, 1.807) is 19.1 Å². The Hall–Kier alpha value is -3.43. The van der Waals surface area contributed by atoms with Crippen LogP contribution in [0.4, 0.5) is 13.2 Å². The molecule has 1 aromatic heterocycles. The third-order valence-electron chi connectivity index (χ3n) is 4.28. The van der Waals surface area contributed by atoms with Gasteiger partial charge >= 0.3 is 11.9 Å². The molecular formula is C19H18F3N5O2. The Bertz CT molecular complexity index is 1120. The van der Waals surface area contributed by atoms with Crippen molar-refractivity contribution in [1.82, 2.24) is 19.8 Å². The van der Waals surface area contributed by atoms with Crippen molar-refractivity contribution in [2.45, 2.75) is 26.6 Å². The van der Waals surface area contributed by atoms with Crippen molar-refractivity contribution in [3.05, 3.63) is 75.2 Å². The summed E-state index contributed by atoms with van der Waals surface area (Å²) in [6, 6.07) is 10.2. The standard InChI is InChI=1S/C19H18F3N5O2/c1-12-6-4-8-15(17(12)27-18(28)26(3)24-25-27)11-29-23-13(2)14-7-5-9-16(10-14)19(20,21)22/h4-10H,11H2,1-3H3/b23-13-. The van der Waals surface area contributed by atoms with Crippen molar-refractivity contribution in [1.29, 1.82) is 0 Å². The van der Waals surface area contributed by atoms with Gasteiger partial charge < -0.3 is 4.84 Å². The molecule has 0 aliphatic heterocycles. The normalized spacial score (nSPS) is 12.3. The average molecular weight is 405 g/mol. The molecule has 0 bridgehead atoms. The average Bonchev–Trinajstić information content (AvgIpc) is 3.00. The molecule has 152 valence electrons. The summed E-state index contributed by atoms with van der Waals surface area (Å²) in [5, 5.41) is 11.5. The van der Waals surface area contributed by atoms with Crippen molar-refractivity contribution in [3.63, 3.8) is 0 Å². The fourth-order valence-electron chi connectivity index (χ4n) is 2.77. The Morgan fingerprint density at radius 1 is 1.17 bits per heavy atom. The van der Waals surface area contributed by atoms with Crippen LogP contribution in [-0.4, -0.2) is 25.5 Å². The summed E-state index contributed by atoms with van der Waals surface area (Å²) < 4.78 is 40.9. The molecule has 7 nitrogen and oxygen atoms in total. The molecular weight excluding hydrogens is 387 g/mol. The number of aromatic nitrogens is 4. The Morgan fingerprint density at radius 3 is 2.55 bits per heavy atom. The molecule has 0 atom stereocenters. The number of para-hydroxylation sites is 1. The van der Waals surface area contributed by atoms with Gasteiger partial charge in [-0.3, -0.25) is 0 Å². The first-order valence-corrected chi connectivity index (χ1v) is 8.60. The number of benzene rings is 2. The van der Waals surface area contributed by atoms with E-state index in [0.29, 0.717) is 22.5 Å². The fourth-order valence-corrected chi connectivity index (χ4v) is 2.77. The zero-order valence-electron chi connectivity index (χ0n) is 15.9. The third kappa shape index (κ3) is 4.36. The van der Waals surface area contributed by atoms with Crippen LogP contribution in [0.5, 0.6) is 0 Å². The van der Waals surface area contributed by atoms with Crippen LogP contribution in [-0.2, 0) is 24.7 Å². The quantitative estimate of drug-likeness (QED) is 0.483. The number of hydrogen-bond donors (Lipinski definition) is 0. The molecule has 0 aliphatic carbocycles. The molecule has 0 N–H and O–H groups in total. The van der Waals surface area contributed by atoms with Crippen LogP contribution in [0, 0.1) is 6.92 Å². The zero-order chi connectivity index (χ0) is 21.2. The summed E-state index contributed by atoms with van der Waals surface area (Å²) in [5.41, 5.74) is 1.37. The van der Waals surface area contributed by atoms with Crippen LogP contribution in [0.25, 0.3) is 5.69 Å². The molecule has 0 unspecified atom stereocenters. The van der Waals surface area contributed by atoms with Crippen LogP contribution in [0.3, 0.4) is 0 Å². The second-order valence-electron chi connectivity index (χ2n) is 6.41. The van der Waals surface area contributed by atoms with Crippen LogP contribution in [0.2, 0.25) is 0 Å². The van der Waals surface area contributed by atoms with E-state index in [1.807, 2.05) is 13.0 Å². The van der Waals surface area contributed by atoms with Gasteiger partial charge in [0.25, 0.3) is 0 Å². The molecule has 0 spiro atoms. The van der Waals surface area contributed by atoms with Crippen molar-refractivity contribution < 1.29 is 18.0 Å². The number of nitrogens with zero attached hydrogens (tertiary/aromatic N) is 5. The van der Waals surface area contributed by atoms with Crippen LogP contribution < -0.4 is 5.69 Å². The topological polar surface area (TPSA) is 74.3 Å². The molecule has 3 rings (SSSR count). The van der Waals surface area contributed by atoms with E-state index < -0.39 is 17.4 Å². The summed E-state index contributed by atoms with van der Waals surface area (Å²) >= 11 is 0. The predicted molar refractivity (Wildman–Crippen MR) is 99.8 cm³/mol. The monoisotopic (exact) mass is 405 g/mol. The number of halogens is 3. The van der Waals surface area contributed by atoms with Crippen LogP contribution in [0.15, 0.2) is 52.4 Å². The van der Waals surface area contributed by atoms with Gasteiger partial charge in [-0.2, -0.15) is 22.5 Å². The minimum atomic E-state index is -4.43. The van der Waals surface area contributed by atoms with E-state index in [4.69, 9.17) is 4.84 Å². The van der Waals surface area contributed by atoms with Gasteiger partial charge in [0.05, 0.1) is 17.0 Å². The summed E-state index contributed by atoms with van der Waals surface area (Å²) in [7, 11) is 1.49. The van der Waals surface area contributed by atoms with E-state index in [-0.39, 0.29) is 6.61 Å². The molecule has 0 fully saturated rings. The van der Waals surface area contributed by atoms with Crippen molar-refractivity contribution in [2.75, 3.05) is 0 Å². The van der Waals surface area contributed by atoms with E-state index in [0.717, 1.165) is 27.1 Å². The SMILES string of the molecule is C/C(=N/OCc1cccc(C)c1-n1nnn(C)c1=O)c1cccc(C(F)(F)F)c1. The minimum absolute atomic E-state index is 0.00364. The van der Waals surface area contributed by atoms with Crippen molar-refractivity contribution >= 4 is 5.71 Å². The van der Waals surface area contributed by atoms with E-state index in [1.165, 1.54) is 19.2 Å². The summed E-state index contributed by atoms with van der Waals surface area (Å²) in [6.45, 7) is 3.37. The minimum Gasteiger partial charge on any atom is -0.391 e. The number of rotatable bonds is 5. The molecule has 0 amide bonds. The molecule has 0 saturated carbocycles. The Balaban J connectivity index is 1.83. The highest BCUT2D eigenvalue weighted by atomic mass is 19.4. The lowest BCUT2D eigenvalue weighted by Gasteiger charge is -2.11. The van der Waals surface area contributed by atoms with Gasteiger partial charge in [-0.25, -0.2) is 4.79 Å². The molecule has 0 saturated heterocycles. The Labute approximate surface area is 164 Å². The maximum atomic E-state index is 12.9. The van der Waals surface area contributed by atoms with Gasteiger partial charge in [-0.1, -0.05) is 35.5 Å². The first-order chi connectivity index (χ1) is 13.7. The summed E-state index contributed by atoms with van der Waals surface area (Å²) in [5.74, 6) is 0. The zero-order valence-corrected chi connectivity index (χ0v) is 15.9. The molecule has 0 aliphatic rings. The largest absolute Gasteiger partial charge is 0.416 e. The summed E-state index contributed by atoms with van der Waals surface area (Å²) in [4.78, 5) is 17.6. The third-order valence-corrected chi connectivity index (χ3v) is 4.28. The number of aryl methyl sites for hydroxylation is 2. The van der Waals surface area contributed by atoms with Gasteiger partial charge in [-0.05, 0) is 47.5 Å². The lowest BCUT2D eigenvalue weighted by molar-refractivity contribution is -0.137. The number of tetrazole rings is 1. The van der Waals surface area contributed by atoms with Crippen molar-refractivity contribution in [2.24, 2.45) is 12.2 Å². The van der Waals surface area contributed by atoms with E-state index in [2.05, 4.69) is 15.6 Å². The number of hydrogen-bond acceptors (Lipinski definition) is 5. The first-order valence-electron chi connectivity index (χ1n) is 8.60. The Kier molecular flexibility index (Phi) is 5.53. The first kappa shape index (κ1) is 20.3. The smallest absolute Gasteiger partial charge is 0.391 e. The number of oxime groups is 1. The lowest BCUT2D eigenvalue weighted by atomic mass is 10.1. The maximum absolute atomic E-state index is 12.9. The predicted octanol–water partition coefficient (Wildman–Crippen LogP) is 3.23. The van der Waals surface area contributed by atoms with Crippen molar-refractivity contribution in [3.8, 4) is 5.69 Å². The Morgan fingerprint density at radius 2 is 1.90 bits per heavy atom.